The van der Waals surface area contributed by atoms with Crippen LogP contribution in [0, 0.1) is 0 Å². The Balaban J connectivity index is 2.58. The molecule has 17 heavy (non-hydrogen) atoms. The van der Waals surface area contributed by atoms with E-state index in [0.717, 1.165) is 0 Å². The molecule has 3 nitrogen and oxygen atoms in total. The highest BCUT2D eigenvalue weighted by molar-refractivity contribution is 5.14. The predicted octanol–water partition coefficient (Wildman–Crippen LogP) is 2.85. The van der Waals surface area contributed by atoms with Gasteiger partial charge < -0.3 is 0 Å². The van der Waals surface area contributed by atoms with E-state index in [-0.39, 0.29) is 11.6 Å². The van der Waals surface area contributed by atoms with Gasteiger partial charge in [0.1, 0.15) is 0 Å². The molecule has 0 amide bonds. The van der Waals surface area contributed by atoms with Gasteiger partial charge in [0, 0.05) is 6.54 Å². The summed E-state index contributed by atoms with van der Waals surface area (Å²) in [5, 5.41) is -0.0298. The van der Waals surface area contributed by atoms with Crippen LogP contribution >= 0.6 is 0 Å². The third-order valence-electron chi connectivity index (χ3n) is 1.98. The first-order chi connectivity index (χ1) is 8.04. The Hall–Kier alpha value is -1.11. The van der Waals surface area contributed by atoms with Gasteiger partial charge in [-0.1, -0.05) is 42.3 Å². The maximum Gasteiger partial charge on any atom is 0.484 e. The van der Waals surface area contributed by atoms with Crippen molar-refractivity contribution in [1.82, 2.24) is 10.5 Å². The molecule has 6 heteroatoms. The third kappa shape index (κ3) is 5.16. The minimum Gasteiger partial charge on any atom is -0.203 e. The molecule has 0 saturated heterocycles. The zero-order valence-corrected chi connectivity index (χ0v) is 9.50. The van der Waals surface area contributed by atoms with Gasteiger partial charge in [-0.3, -0.25) is 0 Å². The maximum absolute atomic E-state index is 12.6. The van der Waals surface area contributed by atoms with E-state index in [0.29, 0.717) is 18.5 Å². The zero-order chi connectivity index (χ0) is 12.7. The molecule has 96 valence electrons. The first-order valence-electron chi connectivity index (χ1n) is 5.32. The fraction of sp³-hybridized carbons (Fsp3) is 0.455. The quantitative estimate of drug-likeness (QED) is 0.476. The van der Waals surface area contributed by atoms with Crippen LogP contribution < -0.4 is 5.48 Å². The second kappa shape index (κ2) is 6.58. The molecular formula is C11H15F3N2O. The Morgan fingerprint density at radius 3 is 2.41 bits per heavy atom. The first kappa shape index (κ1) is 14.0. The van der Waals surface area contributed by atoms with Crippen LogP contribution in [-0.4, -0.2) is 17.9 Å². The number of halogens is 3. The summed E-state index contributed by atoms with van der Waals surface area (Å²) in [4.78, 5) is 4.51. The lowest BCUT2D eigenvalue weighted by Crippen LogP contribution is -2.41. The fourth-order valence-electron chi connectivity index (χ4n) is 1.15. The van der Waals surface area contributed by atoms with Gasteiger partial charge in [-0.15, -0.1) is 0 Å². The van der Waals surface area contributed by atoms with E-state index in [4.69, 9.17) is 0 Å². The molecule has 0 fully saturated rings. The third-order valence-corrected chi connectivity index (χ3v) is 1.98. The van der Waals surface area contributed by atoms with Gasteiger partial charge in [-0.2, -0.15) is 18.7 Å². The molecule has 1 rings (SSSR count). The van der Waals surface area contributed by atoms with E-state index >= 15 is 0 Å². The summed E-state index contributed by atoms with van der Waals surface area (Å²) in [5.41, 5.74) is 2.80. The van der Waals surface area contributed by atoms with Crippen molar-refractivity contribution in [3.05, 3.63) is 35.9 Å². The topological polar surface area (TPSA) is 24.5 Å². The lowest BCUT2D eigenvalue weighted by Gasteiger charge is -2.23. The Bertz CT molecular complexity index is 316. The fourth-order valence-corrected chi connectivity index (χ4v) is 1.15. The molecule has 1 aromatic rings. The number of rotatable bonds is 6. The minimum atomic E-state index is -4.53. The van der Waals surface area contributed by atoms with E-state index in [1.807, 2.05) is 6.92 Å². The minimum absolute atomic E-state index is 0.0298. The molecule has 0 atom stereocenters. The molecule has 0 aromatic heterocycles. The SMILES string of the molecule is CCCNON(Cc1ccccc1)C(F)(F)F. The van der Waals surface area contributed by atoms with Crippen LogP contribution in [0.4, 0.5) is 13.2 Å². The van der Waals surface area contributed by atoms with Crippen molar-refractivity contribution in [1.29, 1.82) is 0 Å². The van der Waals surface area contributed by atoms with Gasteiger partial charge in [0.2, 0.25) is 0 Å². The van der Waals surface area contributed by atoms with E-state index < -0.39 is 6.30 Å². The van der Waals surface area contributed by atoms with E-state index in [2.05, 4.69) is 10.4 Å². The summed E-state index contributed by atoms with van der Waals surface area (Å²) < 4.78 is 37.8. The number of benzene rings is 1. The van der Waals surface area contributed by atoms with Crippen molar-refractivity contribution in [3.63, 3.8) is 0 Å². The van der Waals surface area contributed by atoms with Crippen molar-refractivity contribution in [2.75, 3.05) is 6.54 Å². The van der Waals surface area contributed by atoms with E-state index in [1.165, 1.54) is 0 Å². The predicted molar refractivity (Wildman–Crippen MR) is 57.4 cm³/mol. The summed E-state index contributed by atoms with van der Waals surface area (Å²) >= 11 is 0. The van der Waals surface area contributed by atoms with Gasteiger partial charge in [0.15, 0.2) is 0 Å². The highest BCUT2D eigenvalue weighted by Gasteiger charge is 2.39. The normalized spacial score (nSPS) is 12.1. The average Bonchev–Trinajstić information content (AvgIpc) is 2.28. The molecular weight excluding hydrogens is 233 g/mol. The first-order valence-corrected chi connectivity index (χ1v) is 5.32. The van der Waals surface area contributed by atoms with Gasteiger partial charge in [-0.25, -0.2) is 4.94 Å². The average molecular weight is 248 g/mol. The van der Waals surface area contributed by atoms with Crippen LogP contribution in [0.15, 0.2) is 30.3 Å². The molecule has 0 saturated carbocycles. The Labute approximate surface area is 98.1 Å². The Morgan fingerprint density at radius 1 is 1.24 bits per heavy atom. The summed E-state index contributed by atoms with van der Waals surface area (Å²) in [6.45, 7) is 1.86. The van der Waals surface area contributed by atoms with Gasteiger partial charge in [-0.05, 0) is 12.0 Å². The Morgan fingerprint density at radius 2 is 1.88 bits per heavy atom. The number of nitrogens with zero attached hydrogens (tertiary/aromatic N) is 1. The summed E-state index contributed by atoms with van der Waals surface area (Å²) in [7, 11) is 0. The number of hydrogen-bond donors (Lipinski definition) is 1. The molecule has 0 aliphatic heterocycles. The van der Waals surface area contributed by atoms with E-state index in [1.54, 1.807) is 30.3 Å². The van der Waals surface area contributed by atoms with Crippen molar-refractivity contribution in [2.45, 2.75) is 26.2 Å². The van der Waals surface area contributed by atoms with Crippen molar-refractivity contribution >= 4 is 0 Å². The molecule has 0 heterocycles. The van der Waals surface area contributed by atoms with Crippen molar-refractivity contribution < 1.29 is 18.1 Å². The molecule has 0 spiro atoms. The zero-order valence-electron chi connectivity index (χ0n) is 9.50. The van der Waals surface area contributed by atoms with Crippen molar-refractivity contribution in [2.24, 2.45) is 0 Å². The Kier molecular flexibility index (Phi) is 5.40. The summed E-state index contributed by atoms with van der Waals surface area (Å²) in [6.07, 6.45) is -3.84. The molecule has 1 N–H and O–H groups in total. The molecule has 1 aromatic carbocycles. The van der Waals surface area contributed by atoms with Gasteiger partial charge >= 0.3 is 6.30 Å². The van der Waals surface area contributed by atoms with Crippen LogP contribution in [-0.2, 0) is 11.5 Å². The van der Waals surface area contributed by atoms with E-state index in [9.17, 15) is 13.2 Å². The van der Waals surface area contributed by atoms with Crippen LogP contribution in [0.1, 0.15) is 18.9 Å². The molecule has 0 aliphatic carbocycles. The summed E-state index contributed by atoms with van der Waals surface area (Å²) in [6, 6.07) is 8.34. The lowest BCUT2D eigenvalue weighted by atomic mass is 10.2. The standard InChI is InChI=1S/C11H15F3N2O/c1-2-8-15-17-16(11(12,13)14)9-10-6-4-3-5-7-10/h3-7,15H,2,8-9H2,1H3. The van der Waals surface area contributed by atoms with Crippen LogP contribution in [0.3, 0.4) is 0 Å². The maximum atomic E-state index is 12.6. The van der Waals surface area contributed by atoms with Gasteiger partial charge in [0.25, 0.3) is 0 Å². The highest BCUT2D eigenvalue weighted by atomic mass is 19.4. The molecule has 0 aliphatic rings. The smallest absolute Gasteiger partial charge is 0.203 e. The van der Waals surface area contributed by atoms with Crippen LogP contribution in [0.2, 0.25) is 0 Å². The second-order valence-electron chi connectivity index (χ2n) is 3.48. The largest absolute Gasteiger partial charge is 0.484 e. The number of hydrogen-bond acceptors (Lipinski definition) is 3. The molecule has 0 unspecified atom stereocenters. The second-order valence-corrected chi connectivity index (χ2v) is 3.48. The van der Waals surface area contributed by atoms with Crippen LogP contribution in [0.5, 0.6) is 0 Å². The molecule has 0 bridgehead atoms. The lowest BCUT2D eigenvalue weighted by molar-refractivity contribution is -0.396. The highest BCUT2D eigenvalue weighted by Crippen LogP contribution is 2.23. The van der Waals surface area contributed by atoms with Crippen molar-refractivity contribution in [3.8, 4) is 0 Å². The van der Waals surface area contributed by atoms with Crippen LogP contribution in [0.25, 0.3) is 0 Å². The summed E-state index contributed by atoms with van der Waals surface area (Å²) in [5.74, 6) is 0. The number of nitrogens with one attached hydrogen (secondary N) is 1. The number of alkyl halides is 3. The van der Waals surface area contributed by atoms with Gasteiger partial charge in [0.05, 0.1) is 6.54 Å². The number of hydroxylamine groups is 3. The molecule has 0 radical (unpaired) electrons. The monoisotopic (exact) mass is 248 g/mol.